The smallest absolute Gasteiger partial charge is 0.418 e. The third-order valence-electron chi connectivity index (χ3n) is 4.16. The first-order valence-electron chi connectivity index (χ1n) is 8.70. The van der Waals surface area contributed by atoms with Crippen molar-refractivity contribution >= 4 is 5.91 Å². The van der Waals surface area contributed by atoms with E-state index in [0.717, 1.165) is 25.7 Å². The number of halogens is 5. The van der Waals surface area contributed by atoms with Gasteiger partial charge >= 0.3 is 6.18 Å². The predicted molar refractivity (Wildman–Crippen MR) is 94.0 cm³/mol. The molecular weight excluding hydrogens is 399 g/mol. The number of unbranched alkanes of at least 4 members (excludes halogenated alkanes) is 2. The maximum atomic E-state index is 13.9. The van der Waals surface area contributed by atoms with Gasteiger partial charge in [-0.25, -0.2) is 9.37 Å². The van der Waals surface area contributed by atoms with Gasteiger partial charge in [0.1, 0.15) is 5.56 Å². The SMILES string of the molecule is CCCCCc1c(C(F)(F)F)cnc(Oc2ccc(F)c(F)c2OC)c1C(N)=O. The molecular formula is C19H19F5N2O3. The Hall–Kier alpha value is -2.91. The predicted octanol–water partition coefficient (Wildman–Crippen LogP) is 5.01. The summed E-state index contributed by atoms with van der Waals surface area (Å²) in [6, 6.07) is 1.74. The Morgan fingerprint density at radius 2 is 1.90 bits per heavy atom. The Bertz CT molecular complexity index is 900. The molecule has 29 heavy (non-hydrogen) atoms. The molecule has 2 rings (SSSR count). The largest absolute Gasteiger partial charge is 0.490 e. The summed E-state index contributed by atoms with van der Waals surface area (Å²) in [7, 11) is 1.05. The molecule has 2 N–H and O–H groups in total. The molecule has 1 aromatic carbocycles. The summed E-state index contributed by atoms with van der Waals surface area (Å²) in [6.07, 6.45) is -2.59. The van der Waals surface area contributed by atoms with Crippen molar-refractivity contribution in [3.8, 4) is 17.4 Å². The Kier molecular flexibility index (Phi) is 6.99. The van der Waals surface area contributed by atoms with E-state index in [4.69, 9.17) is 15.2 Å². The van der Waals surface area contributed by atoms with Gasteiger partial charge in [0.15, 0.2) is 11.6 Å². The molecule has 0 atom stereocenters. The molecule has 1 aromatic heterocycles. The summed E-state index contributed by atoms with van der Waals surface area (Å²) >= 11 is 0. The van der Waals surface area contributed by atoms with Gasteiger partial charge in [-0.05, 0) is 30.5 Å². The van der Waals surface area contributed by atoms with E-state index in [1.165, 1.54) is 0 Å². The number of pyridine rings is 1. The van der Waals surface area contributed by atoms with Crippen molar-refractivity contribution in [3.63, 3.8) is 0 Å². The number of hydrogen-bond donors (Lipinski definition) is 1. The molecule has 2 aromatic rings. The number of rotatable bonds is 8. The summed E-state index contributed by atoms with van der Waals surface area (Å²) in [6.45, 7) is 1.87. The number of nitrogens with zero attached hydrogens (tertiary/aromatic N) is 1. The molecule has 158 valence electrons. The lowest BCUT2D eigenvalue weighted by Crippen LogP contribution is -2.20. The van der Waals surface area contributed by atoms with Gasteiger partial charge in [-0.2, -0.15) is 17.6 Å². The van der Waals surface area contributed by atoms with Gasteiger partial charge in [-0.15, -0.1) is 0 Å². The van der Waals surface area contributed by atoms with Crippen molar-refractivity contribution in [2.45, 2.75) is 38.8 Å². The number of methoxy groups -OCH3 is 1. The molecule has 5 nitrogen and oxygen atoms in total. The quantitative estimate of drug-likeness (QED) is 0.483. The fourth-order valence-corrected chi connectivity index (χ4v) is 2.81. The second kappa shape index (κ2) is 9.06. The van der Waals surface area contributed by atoms with Crippen molar-refractivity contribution in [2.24, 2.45) is 5.73 Å². The first-order valence-corrected chi connectivity index (χ1v) is 8.70. The Morgan fingerprint density at radius 1 is 1.21 bits per heavy atom. The minimum atomic E-state index is -4.77. The van der Waals surface area contributed by atoms with Crippen molar-refractivity contribution < 1.29 is 36.2 Å². The lowest BCUT2D eigenvalue weighted by molar-refractivity contribution is -0.138. The third kappa shape index (κ3) is 4.93. The summed E-state index contributed by atoms with van der Waals surface area (Å²) in [5.41, 5.74) is 3.29. The van der Waals surface area contributed by atoms with Crippen molar-refractivity contribution in [2.75, 3.05) is 7.11 Å². The number of carbonyl (C=O) groups excluding carboxylic acids is 1. The highest BCUT2D eigenvalue weighted by molar-refractivity contribution is 5.97. The van der Waals surface area contributed by atoms with Crippen LogP contribution in [0.25, 0.3) is 0 Å². The molecule has 0 radical (unpaired) electrons. The number of benzene rings is 1. The van der Waals surface area contributed by atoms with Crippen LogP contribution in [0.4, 0.5) is 22.0 Å². The maximum absolute atomic E-state index is 13.9. The highest BCUT2D eigenvalue weighted by atomic mass is 19.4. The lowest BCUT2D eigenvalue weighted by atomic mass is 9.97. The van der Waals surface area contributed by atoms with E-state index in [2.05, 4.69) is 4.98 Å². The van der Waals surface area contributed by atoms with E-state index >= 15 is 0 Å². The van der Waals surface area contributed by atoms with Crippen LogP contribution in [-0.2, 0) is 12.6 Å². The molecule has 0 saturated heterocycles. The summed E-state index contributed by atoms with van der Waals surface area (Å²) < 4.78 is 77.7. The molecule has 0 fully saturated rings. The van der Waals surface area contributed by atoms with Gasteiger partial charge in [-0.1, -0.05) is 19.8 Å². The molecule has 1 heterocycles. The number of hydrogen-bond acceptors (Lipinski definition) is 4. The van der Waals surface area contributed by atoms with E-state index < -0.39 is 46.5 Å². The van der Waals surface area contributed by atoms with E-state index in [9.17, 15) is 26.7 Å². The number of alkyl halides is 3. The standard InChI is InChI=1S/C19H19F5N2O3/c1-3-4-5-6-10-11(19(22,23)24)9-26-18(14(10)17(25)27)29-13-8-7-12(20)15(21)16(13)28-2/h7-9H,3-6H2,1-2H3,(H2,25,27). The third-order valence-corrected chi connectivity index (χ3v) is 4.16. The average Bonchev–Trinajstić information content (AvgIpc) is 2.64. The van der Waals surface area contributed by atoms with Crippen LogP contribution in [0.2, 0.25) is 0 Å². The number of nitrogens with two attached hydrogens (primary N) is 1. The zero-order valence-corrected chi connectivity index (χ0v) is 15.7. The number of amides is 1. The minimum Gasteiger partial charge on any atom is -0.490 e. The van der Waals surface area contributed by atoms with Gasteiger partial charge in [0.25, 0.3) is 5.91 Å². The number of primary amides is 1. The van der Waals surface area contributed by atoms with E-state index in [-0.39, 0.29) is 17.7 Å². The topological polar surface area (TPSA) is 74.4 Å². The van der Waals surface area contributed by atoms with Crippen LogP contribution in [-0.4, -0.2) is 18.0 Å². The highest BCUT2D eigenvalue weighted by Gasteiger charge is 2.37. The highest BCUT2D eigenvalue weighted by Crippen LogP contribution is 2.39. The van der Waals surface area contributed by atoms with Crippen LogP contribution in [0.1, 0.15) is 47.7 Å². The molecule has 0 aliphatic heterocycles. The molecule has 0 saturated carbocycles. The fraction of sp³-hybridized carbons (Fsp3) is 0.368. The van der Waals surface area contributed by atoms with Crippen LogP contribution < -0.4 is 15.2 Å². The minimum absolute atomic E-state index is 0.0885. The normalized spacial score (nSPS) is 11.4. The molecule has 1 amide bonds. The molecule has 0 bridgehead atoms. The van der Waals surface area contributed by atoms with E-state index in [1.807, 2.05) is 6.92 Å². The molecule has 0 unspecified atom stereocenters. The van der Waals surface area contributed by atoms with Gasteiger partial charge in [0.05, 0.1) is 12.7 Å². The van der Waals surface area contributed by atoms with Crippen LogP contribution in [0.3, 0.4) is 0 Å². The lowest BCUT2D eigenvalue weighted by Gasteiger charge is -2.18. The fourth-order valence-electron chi connectivity index (χ4n) is 2.81. The summed E-state index contributed by atoms with van der Waals surface area (Å²) in [5, 5.41) is 0. The second-order valence-corrected chi connectivity index (χ2v) is 6.14. The number of aromatic nitrogens is 1. The van der Waals surface area contributed by atoms with Gasteiger partial charge < -0.3 is 15.2 Å². The van der Waals surface area contributed by atoms with Crippen molar-refractivity contribution in [3.05, 3.63) is 46.7 Å². The summed E-state index contributed by atoms with van der Waals surface area (Å²) in [5.74, 6) is -5.33. The molecule has 10 heteroatoms. The van der Waals surface area contributed by atoms with Crippen LogP contribution in [0.15, 0.2) is 18.3 Å². The first-order chi connectivity index (χ1) is 13.6. The van der Waals surface area contributed by atoms with Gasteiger partial charge in [0, 0.05) is 6.20 Å². The number of carbonyl (C=O) groups is 1. The van der Waals surface area contributed by atoms with Crippen LogP contribution in [0.5, 0.6) is 17.4 Å². The average molecular weight is 418 g/mol. The Balaban J connectivity index is 2.62. The second-order valence-electron chi connectivity index (χ2n) is 6.14. The van der Waals surface area contributed by atoms with Crippen LogP contribution >= 0.6 is 0 Å². The van der Waals surface area contributed by atoms with Gasteiger partial charge in [0.2, 0.25) is 17.4 Å². The number of ether oxygens (including phenoxy) is 2. The zero-order valence-electron chi connectivity index (χ0n) is 15.7. The first kappa shape index (κ1) is 22.4. The van der Waals surface area contributed by atoms with E-state index in [1.54, 1.807) is 0 Å². The molecule has 0 aliphatic rings. The molecule has 0 spiro atoms. The Labute approximate surface area is 163 Å². The summed E-state index contributed by atoms with van der Waals surface area (Å²) in [4.78, 5) is 15.6. The van der Waals surface area contributed by atoms with Gasteiger partial charge in [-0.3, -0.25) is 4.79 Å². The van der Waals surface area contributed by atoms with Crippen molar-refractivity contribution in [1.29, 1.82) is 0 Å². The van der Waals surface area contributed by atoms with Crippen LogP contribution in [0, 0.1) is 11.6 Å². The van der Waals surface area contributed by atoms with E-state index in [0.29, 0.717) is 19.0 Å². The van der Waals surface area contributed by atoms with Crippen molar-refractivity contribution in [1.82, 2.24) is 4.98 Å². The monoisotopic (exact) mass is 418 g/mol. The maximum Gasteiger partial charge on any atom is 0.418 e. The Morgan fingerprint density at radius 3 is 2.45 bits per heavy atom. The zero-order chi connectivity index (χ0) is 21.8. The molecule has 0 aliphatic carbocycles.